The lowest BCUT2D eigenvalue weighted by Crippen LogP contribution is -2.40. The van der Waals surface area contributed by atoms with Gasteiger partial charge in [-0.05, 0) is 23.8 Å². The van der Waals surface area contributed by atoms with Gasteiger partial charge in [-0.3, -0.25) is 9.59 Å². The predicted octanol–water partition coefficient (Wildman–Crippen LogP) is 2.31. The largest absolute Gasteiger partial charge is 0.325 e. The number of anilines is 1. The van der Waals surface area contributed by atoms with E-state index in [1.807, 2.05) is 30.3 Å². The van der Waals surface area contributed by atoms with Crippen molar-refractivity contribution in [2.24, 2.45) is 0 Å². The van der Waals surface area contributed by atoms with E-state index >= 15 is 0 Å². The Morgan fingerprint density at radius 1 is 1.17 bits per heavy atom. The lowest BCUT2D eigenvalue weighted by atomic mass is 9.80. The SMILES string of the molecule is N#C[C@@H]1C[C@@]2(CN1C(=O)c1ccccc1)C(=O)Nc1ccccc12. The van der Waals surface area contributed by atoms with Crippen molar-refractivity contribution < 1.29 is 9.59 Å². The zero-order valence-electron chi connectivity index (χ0n) is 12.9. The van der Waals surface area contributed by atoms with Crippen LogP contribution in [-0.4, -0.2) is 29.3 Å². The summed E-state index contributed by atoms with van der Waals surface area (Å²) < 4.78 is 0. The first kappa shape index (κ1) is 14.5. The molecule has 0 bridgehead atoms. The van der Waals surface area contributed by atoms with Crippen molar-refractivity contribution >= 4 is 17.5 Å². The van der Waals surface area contributed by atoms with Crippen LogP contribution in [0.3, 0.4) is 0 Å². The van der Waals surface area contributed by atoms with Gasteiger partial charge in [-0.1, -0.05) is 36.4 Å². The second-order valence-corrected chi connectivity index (χ2v) is 6.23. The van der Waals surface area contributed by atoms with Crippen molar-refractivity contribution in [2.75, 3.05) is 11.9 Å². The second kappa shape index (κ2) is 5.20. The quantitative estimate of drug-likeness (QED) is 0.877. The fraction of sp³-hybridized carbons (Fsp3) is 0.211. The van der Waals surface area contributed by atoms with E-state index in [1.54, 1.807) is 24.3 Å². The number of hydrogen-bond donors (Lipinski definition) is 1. The highest BCUT2D eigenvalue weighted by molar-refractivity contribution is 6.07. The average molecular weight is 317 g/mol. The molecule has 0 unspecified atom stereocenters. The minimum Gasteiger partial charge on any atom is -0.325 e. The number of carbonyl (C=O) groups excluding carboxylic acids is 2. The van der Waals surface area contributed by atoms with Crippen molar-refractivity contribution in [1.82, 2.24) is 4.90 Å². The molecule has 0 radical (unpaired) electrons. The molecular weight excluding hydrogens is 302 g/mol. The van der Waals surface area contributed by atoms with Crippen LogP contribution >= 0.6 is 0 Å². The van der Waals surface area contributed by atoms with E-state index in [9.17, 15) is 14.9 Å². The number of likely N-dealkylation sites (tertiary alicyclic amines) is 1. The summed E-state index contributed by atoms with van der Waals surface area (Å²) in [5.41, 5.74) is 1.34. The Kier molecular flexibility index (Phi) is 3.14. The summed E-state index contributed by atoms with van der Waals surface area (Å²) in [7, 11) is 0. The molecule has 2 atom stereocenters. The van der Waals surface area contributed by atoms with Gasteiger partial charge in [0.15, 0.2) is 0 Å². The highest BCUT2D eigenvalue weighted by Crippen LogP contribution is 2.46. The minimum absolute atomic E-state index is 0.132. The summed E-state index contributed by atoms with van der Waals surface area (Å²) >= 11 is 0. The molecule has 2 aromatic carbocycles. The lowest BCUT2D eigenvalue weighted by Gasteiger charge is -2.22. The molecule has 2 aromatic rings. The van der Waals surface area contributed by atoms with Gasteiger partial charge in [0.2, 0.25) is 5.91 Å². The summed E-state index contributed by atoms with van der Waals surface area (Å²) in [6.07, 6.45) is 0.324. The molecule has 1 fully saturated rings. The molecule has 4 rings (SSSR count). The van der Waals surface area contributed by atoms with Gasteiger partial charge in [0.05, 0.1) is 11.5 Å². The molecule has 2 heterocycles. The topological polar surface area (TPSA) is 73.2 Å². The Balaban J connectivity index is 1.74. The molecule has 1 saturated heterocycles. The average Bonchev–Trinajstić information content (AvgIpc) is 3.15. The van der Waals surface area contributed by atoms with E-state index in [2.05, 4.69) is 11.4 Å². The summed E-state index contributed by atoms with van der Waals surface area (Å²) in [5.74, 6) is -0.344. The first-order valence-electron chi connectivity index (χ1n) is 7.82. The molecule has 2 amide bonds. The van der Waals surface area contributed by atoms with Crippen LogP contribution in [0.2, 0.25) is 0 Å². The Morgan fingerprint density at radius 3 is 2.62 bits per heavy atom. The molecule has 1 spiro atoms. The number of nitrogens with one attached hydrogen (secondary N) is 1. The fourth-order valence-corrected chi connectivity index (χ4v) is 3.71. The molecule has 5 nitrogen and oxygen atoms in total. The van der Waals surface area contributed by atoms with Crippen LogP contribution in [-0.2, 0) is 10.2 Å². The molecule has 5 heteroatoms. The molecule has 0 aliphatic carbocycles. The molecule has 2 aliphatic rings. The zero-order chi connectivity index (χ0) is 16.7. The molecule has 24 heavy (non-hydrogen) atoms. The monoisotopic (exact) mass is 317 g/mol. The smallest absolute Gasteiger partial charge is 0.254 e. The van der Waals surface area contributed by atoms with Crippen LogP contribution in [0.5, 0.6) is 0 Å². The highest BCUT2D eigenvalue weighted by Gasteiger charge is 2.55. The van der Waals surface area contributed by atoms with Crippen molar-refractivity contribution in [1.29, 1.82) is 5.26 Å². The van der Waals surface area contributed by atoms with Crippen molar-refractivity contribution in [2.45, 2.75) is 17.9 Å². The molecular formula is C19H15N3O2. The lowest BCUT2D eigenvalue weighted by molar-refractivity contribution is -0.120. The highest BCUT2D eigenvalue weighted by atomic mass is 16.2. The maximum absolute atomic E-state index is 12.8. The van der Waals surface area contributed by atoms with Gasteiger partial charge in [0, 0.05) is 24.2 Å². The Hall–Kier alpha value is -3.13. The molecule has 2 aliphatic heterocycles. The number of nitrogens with zero attached hydrogens (tertiary/aromatic N) is 2. The van der Waals surface area contributed by atoms with E-state index < -0.39 is 11.5 Å². The van der Waals surface area contributed by atoms with E-state index in [0.29, 0.717) is 12.0 Å². The van der Waals surface area contributed by atoms with Gasteiger partial charge >= 0.3 is 0 Å². The second-order valence-electron chi connectivity index (χ2n) is 6.23. The van der Waals surface area contributed by atoms with Crippen molar-refractivity contribution in [3.05, 3.63) is 65.7 Å². The Labute approximate surface area is 139 Å². The summed E-state index contributed by atoms with van der Waals surface area (Å²) in [5, 5.41) is 12.4. The summed E-state index contributed by atoms with van der Waals surface area (Å²) in [6.45, 7) is 0.224. The standard InChI is InChI=1S/C19H15N3O2/c20-11-14-10-19(15-8-4-5-9-16(15)21-18(19)24)12-22(14)17(23)13-6-2-1-3-7-13/h1-9,14H,10,12H2,(H,21,24)/t14-,19-/m0/s1. The van der Waals surface area contributed by atoms with Crippen LogP contribution in [0.1, 0.15) is 22.3 Å². The molecule has 0 saturated carbocycles. The van der Waals surface area contributed by atoms with Crippen LogP contribution in [0, 0.1) is 11.3 Å². The number of benzene rings is 2. The number of amides is 2. The van der Waals surface area contributed by atoms with Crippen LogP contribution in [0.25, 0.3) is 0 Å². The number of para-hydroxylation sites is 1. The number of nitriles is 1. The van der Waals surface area contributed by atoms with Crippen molar-refractivity contribution in [3.8, 4) is 6.07 Å². The van der Waals surface area contributed by atoms with Gasteiger partial charge in [0.25, 0.3) is 5.91 Å². The van der Waals surface area contributed by atoms with Crippen LogP contribution in [0.4, 0.5) is 5.69 Å². The van der Waals surface area contributed by atoms with Crippen LogP contribution < -0.4 is 5.32 Å². The number of carbonyl (C=O) groups is 2. The van der Waals surface area contributed by atoms with Gasteiger partial charge in [0.1, 0.15) is 6.04 Å². The third-order valence-corrected chi connectivity index (χ3v) is 4.91. The summed E-state index contributed by atoms with van der Waals surface area (Å²) in [4.78, 5) is 27.0. The molecule has 118 valence electrons. The van der Waals surface area contributed by atoms with Gasteiger partial charge in [-0.25, -0.2) is 0 Å². The Morgan fingerprint density at radius 2 is 1.88 bits per heavy atom. The zero-order valence-corrected chi connectivity index (χ0v) is 12.9. The number of rotatable bonds is 1. The van der Waals surface area contributed by atoms with E-state index in [4.69, 9.17) is 0 Å². The first-order chi connectivity index (χ1) is 11.7. The fourth-order valence-electron chi connectivity index (χ4n) is 3.71. The van der Waals surface area contributed by atoms with E-state index in [0.717, 1.165) is 11.3 Å². The third-order valence-electron chi connectivity index (χ3n) is 4.91. The number of fused-ring (bicyclic) bond motifs is 2. The van der Waals surface area contributed by atoms with Gasteiger partial charge in [-0.15, -0.1) is 0 Å². The minimum atomic E-state index is -0.832. The maximum atomic E-state index is 12.8. The normalized spacial score (nSPS) is 24.5. The molecule has 1 N–H and O–H groups in total. The first-order valence-corrected chi connectivity index (χ1v) is 7.82. The third kappa shape index (κ3) is 1.93. The molecule has 0 aromatic heterocycles. The van der Waals surface area contributed by atoms with E-state index in [-0.39, 0.29) is 18.4 Å². The Bertz CT molecular complexity index is 872. The van der Waals surface area contributed by atoms with Crippen LogP contribution in [0.15, 0.2) is 54.6 Å². The number of hydrogen-bond acceptors (Lipinski definition) is 3. The van der Waals surface area contributed by atoms with E-state index in [1.165, 1.54) is 4.90 Å². The van der Waals surface area contributed by atoms with Gasteiger partial charge in [-0.2, -0.15) is 5.26 Å². The summed E-state index contributed by atoms with van der Waals surface area (Å²) in [6, 6.07) is 17.9. The maximum Gasteiger partial charge on any atom is 0.254 e. The van der Waals surface area contributed by atoms with Gasteiger partial charge < -0.3 is 10.2 Å². The van der Waals surface area contributed by atoms with Crippen molar-refractivity contribution in [3.63, 3.8) is 0 Å². The predicted molar refractivity (Wildman–Crippen MR) is 88.2 cm³/mol.